The van der Waals surface area contributed by atoms with Gasteiger partial charge in [-0.15, -0.1) is 0 Å². The zero-order valence-electron chi connectivity index (χ0n) is 10.1. The molecule has 7 heteroatoms. The van der Waals surface area contributed by atoms with Gasteiger partial charge in [0.25, 0.3) is 5.56 Å². The molecule has 1 aliphatic rings. The molecule has 1 aromatic rings. The van der Waals surface area contributed by atoms with Crippen molar-refractivity contribution in [2.45, 2.75) is 25.8 Å². The predicted octanol–water partition coefficient (Wildman–Crippen LogP) is 0.986. The number of aromatic nitrogens is 2. The van der Waals surface area contributed by atoms with E-state index in [1.54, 1.807) is 6.92 Å². The highest BCUT2D eigenvalue weighted by Crippen LogP contribution is 2.12. The van der Waals surface area contributed by atoms with E-state index in [0.717, 1.165) is 30.5 Å². The summed E-state index contributed by atoms with van der Waals surface area (Å²) in [5, 5.41) is -0.533. The van der Waals surface area contributed by atoms with Crippen LogP contribution < -0.4 is 11.2 Å². The molecule has 5 nitrogen and oxygen atoms in total. The Morgan fingerprint density at radius 3 is 2.61 bits per heavy atom. The van der Waals surface area contributed by atoms with Gasteiger partial charge in [0.2, 0.25) is 5.82 Å². The SMILES string of the molecule is CC(CN1CCCC1)n1c(=O)[nH]c(Cl)c(F)c1=O. The molecule has 0 bridgehead atoms. The Morgan fingerprint density at radius 2 is 2.00 bits per heavy atom. The number of nitrogens with zero attached hydrogens (tertiary/aromatic N) is 2. The molecular weight excluding hydrogens is 261 g/mol. The lowest BCUT2D eigenvalue weighted by Crippen LogP contribution is -2.42. The van der Waals surface area contributed by atoms with Crippen LogP contribution in [0.15, 0.2) is 9.59 Å². The summed E-state index contributed by atoms with van der Waals surface area (Å²) < 4.78 is 14.3. The summed E-state index contributed by atoms with van der Waals surface area (Å²) in [6.07, 6.45) is 2.24. The summed E-state index contributed by atoms with van der Waals surface area (Å²) in [5.74, 6) is -1.11. The van der Waals surface area contributed by atoms with E-state index in [1.165, 1.54) is 0 Å². The van der Waals surface area contributed by atoms with E-state index in [4.69, 9.17) is 11.6 Å². The van der Waals surface area contributed by atoms with E-state index in [9.17, 15) is 14.0 Å². The third kappa shape index (κ3) is 2.49. The highest BCUT2D eigenvalue weighted by molar-refractivity contribution is 6.29. The average molecular weight is 276 g/mol. The fraction of sp³-hybridized carbons (Fsp3) is 0.636. The van der Waals surface area contributed by atoms with Gasteiger partial charge < -0.3 is 4.90 Å². The molecule has 100 valence electrons. The number of nitrogens with one attached hydrogen (secondary N) is 1. The Labute approximate surface area is 108 Å². The number of likely N-dealkylation sites (tertiary alicyclic amines) is 1. The lowest BCUT2D eigenvalue weighted by Gasteiger charge is -2.21. The molecular formula is C11H15ClFN3O2. The van der Waals surface area contributed by atoms with E-state index in [1.807, 2.05) is 0 Å². The van der Waals surface area contributed by atoms with Crippen LogP contribution in [-0.2, 0) is 0 Å². The Hall–Kier alpha value is -1.14. The van der Waals surface area contributed by atoms with Gasteiger partial charge in [-0.1, -0.05) is 11.6 Å². The molecule has 0 radical (unpaired) electrons. The minimum atomic E-state index is -1.11. The van der Waals surface area contributed by atoms with Crippen molar-refractivity contribution in [3.63, 3.8) is 0 Å². The van der Waals surface area contributed by atoms with Crippen LogP contribution in [0.5, 0.6) is 0 Å². The smallest absolute Gasteiger partial charge is 0.301 e. The van der Waals surface area contributed by atoms with E-state index in [2.05, 4.69) is 9.88 Å². The summed E-state index contributed by atoms with van der Waals surface area (Å²) in [7, 11) is 0. The van der Waals surface area contributed by atoms with Crippen LogP contribution in [-0.4, -0.2) is 34.1 Å². The highest BCUT2D eigenvalue weighted by Gasteiger charge is 2.20. The van der Waals surface area contributed by atoms with Gasteiger partial charge in [-0.05, 0) is 32.9 Å². The maximum atomic E-state index is 13.4. The van der Waals surface area contributed by atoms with Crippen molar-refractivity contribution in [2.24, 2.45) is 0 Å². The van der Waals surface area contributed by atoms with Crippen molar-refractivity contribution in [3.05, 3.63) is 31.8 Å². The Balaban J connectivity index is 2.30. The second-order valence-electron chi connectivity index (χ2n) is 4.59. The van der Waals surface area contributed by atoms with Crippen LogP contribution >= 0.6 is 11.6 Å². The van der Waals surface area contributed by atoms with Gasteiger partial charge in [0.1, 0.15) is 0 Å². The summed E-state index contributed by atoms with van der Waals surface area (Å²) in [6.45, 7) is 4.19. The maximum Gasteiger partial charge on any atom is 0.329 e. The first-order chi connectivity index (χ1) is 8.50. The number of halogens is 2. The van der Waals surface area contributed by atoms with E-state index >= 15 is 0 Å². The predicted molar refractivity (Wildman–Crippen MR) is 66.7 cm³/mol. The fourth-order valence-corrected chi connectivity index (χ4v) is 2.48. The van der Waals surface area contributed by atoms with Crippen molar-refractivity contribution >= 4 is 11.6 Å². The first-order valence-electron chi connectivity index (χ1n) is 5.93. The minimum Gasteiger partial charge on any atom is -0.301 e. The molecule has 2 rings (SSSR count). The van der Waals surface area contributed by atoms with Gasteiger partial charge >= 0.3 is 5.69 Å². The van der Waals surface area contributed by atoms with Gasteiger partial charge in [-0.3, -0.25) is 14.3 Å². The van der Waals surface area contributed by atoms with E-state index in [-0.39, 0.29) is 6.04 Å². The molecule has 0 aromatic carbocycles. The summed E-state index contributed by atoms with van der Waals surface area (Å²) >= 11 is 5.41. The van der Waals surface area contributed by atoms with Crippen LogP contribution in [0.2, 0.25) is 5.15 Å². The fourth-order valence-electron chi connectivity index (χ4n) is 2.32. The lowest BCUT2D eigenvalue weighted by molar-refractivity contribution is 0.278. The summed E-state index contributed by atoms with van der Waals surface area (Å²) in [4.78, 5) is 27.6. The van der Waals surface area contributed by atoms with E-state index in [0.29, 0.717) is 6.54 Å². The number of H-pyrrole nitrogens is 1. The number of rotatable bonds is 3. The maximum absolute atomic E-state index is 13.4. The lowest BCUT2D eigenvalue weighted by atomic mass is 10.3. The molecule has 1 aliphatic heterocycles. The first-order valence-corrected chi connectivity index (χ1v) is 6.30. The van der Waals surface area contributed by atoms with Crippen LogP contribution in [0.1, 0.15) is 25.8 Å². The zero-order valence-corrected chi connectivity index (χ0v) is 10.8. The third-order valence-electron chi connectivity index (χ3n) is 3.20. The average Bonchev–Trinajstić information content (AvgIpc) is 2.78. The highest BCUT2D eigenvalue weighted by atomic mass is 35.5. The molecule has 1 saturated heterocycles. The monoisotopic (exact) mass is 275 g/mol. The third-order valence-corrected chi connectivity index (χ3v) is 3.46. The topological polar surface area (TPSA) is 58.1 Å². The largest absolute Gasteiger partial charge is 0.329 e. The Bertz CT molecular complexity index is 548. The summed E-state index contributed by atoms with van der Waals surface area (Å²) in [6, 6.07) is -0.383. The van der Waals surface area contributed by atoms with Crippen LogP contribution in [0.3, 0.4) is 0 Å². The Kier molecular flexibility index (Phi) is 3.87. The van der Waals surface area contributed by atoms with Gasteiger partial charge in [0, 0.05) is 6.54 Å². The molecule has 0 amide bonds. The molecule has 2 heterocycles. The molecule has 0 saturated carbocycles. The molecule has 1 fully saturated rings. The first kappa shape index (κ1) is 13.3. The molecule has 1 aromatic heterocycles. The molecule has 1 unspecified atom stereocenters. The molecule has 1 N–H and O–H groups in total. The van der Waals surface area contributed by atoms with Gasteiger partial charge in [0.15, 0.2) is 5.15 Å². The van der Waals surface area contributed by atoms with Gasteiger partial charge in [-0.25, -0.2) is 4.79 Å². The number of hydrogen-bond donors (Lipinski definition) is 1. The molecule has 18 heavy (non-hydrogen) atoms. The number of aromatic amines is 1. The molecule has 0 aliphatic carbocycles. The Morgan fingerprint density at radius 1 is 1.39 bits per heavy atom. The second kappa shape index (κ2) is 5.24. The van der Waals surface area contributed by atoms with Crippen molar-refractivity contribution < 1.29 is 4.39 Å². The van der Waals surface area contributed by atoms with Gasteiger partial charge in [-0.2, -0.15) is 4.39 Å². The number of hydrogen-bond acceptors (Lipinski definition) is 3. The quantitative estimate of drug-likeness (QED) is 0.837. The van der Waals surface area contributed by atoms with Crippen molar-refractivity contribution in [2.75, 3.05) is 19.6 Å². The van der Waals surface area contributed by atoms with Crippen molar-refractivity contribution in [1.29, 1.82) is 0 Å². The normalized spacial score (nSPS) is 18.2. The van der Waals surface area contributed by atoms with Gasteiger partial charge in [0.05, 0.1) is 6.04 Å². The second-order valence-corrected chi connectivity index (χ2v) is 4.97. The zero-order chi connectivity index (χ0) is 13.3. The van der Waals surface area contributed by atoms with Crippen LogP contribution in [0.25, 0.3) is 0 Å². The van der Waals surface area contributed by atoms with Crippen molar-refractivity contribution in [3.8, 4) is 0 Å². The standard InChI is InChI=1S/C11H15ClFN3O2/c1-7(6-15-4-2-3-5-15)16-10(17)8(13)9(12)14-11(16)18/h7H,2-6H2,1H3,(H,14,18). The van der Waals surface area contributed by atoms with Crippen molar-refractivity contribution in [1.82, 2.24) is 14.5 Å². The van der Waals surface area contributed by atoms with E-state index < -0.39 is 22.2 Å². The molecule has 1 atom stereocenters. The molecule has 0 spiro atoms. The van der Waals surface area contributed by atoms with Crippen LogP contribution in [0, 0.1) is 5.82 Å². The summed E-state index contributed by atoms with van der Waals surface area (Å²) in [5.41, 5.74) is -1.63. The van der Waals surface area contributed by atoms with Crippen LogP contribution in [0.4, 0.5) is 4.39 Å². The minimum absolute atomic E-state index is 0.383.